The average Bonchev–Trinajstić information content (AvgIpc) is 2.53. The number of hydrogen-bond donors (Lipinski definition) is 1. The SMILES string of the molecule is COc1ccc([C@@H](N)C2CCOCC2)c(OC)c1OC. The molecule has 5 nitrogen and oxygen atoms in total. The lowest BCUT2D eigenvalue weighted by molar-refractivity contribution is 0.0580. The van der Waals surface area contributed by atoms with Gasteiger partial charge in [0.05, 0.1) is 21.3 Å². The fourth-order valence-corrected chi connectivity index (χ4v) is 2.72. The second kappa shape index (κ2) is 6.81. The third-order valence-corrected chi connectivity index (χ3v) is 3.87. The van der Waals surface area contributed by atoms with Crippen molar-refractivity contribution >= 4 is 0 Å². The smallest absolute Gasteiger partial charge is 0.203 e. The summed E-state index contributed by atoms with van der Waals surface area (Å²) in [4.78, 5) is 0. The minimum Gasteiger partial charge on any atom is -0.493 e. The van der Waals surface area contributed by atoms with Crippen LogP contribution in [-0.4, -0.2) is 34.5 Å². The van der Waals surface area contributed by atoms with Gasteiger partial charge in [-0.25, -0.2) is 0 Å². The maximum absolute atomic E-state index is 6.43. The molecule has 0 unspecified atom stereocenters. The van der Waals surface area contributed by atoms with E-state index < -0.39 is 0 Å². The van der Waals surface area contributed by atoms with E-state index in [2.05, 4.69) is 0 Å². The van der Waals surface area contributed by atoms with Gasteiger partial charge in [-0.1, -0.05) is 0 Å². The highest BCUT2D eigenvalue weighted by molar-refractivity contribution is 5.56. The van der Waals surface area contributed by atoms with Crippen molar-refractivity contribution in [3.63, 3.8) is 0 Å². The second-order valence-corrected chi connectivity index (χ2v) is 4.90. The largest absolute Gasteiger partial charge is 0.493 e. The maximum atomic E-state index is 6.43. The van der Waals surface area contributed by atoms with Crippen molar-refractivity contribution in [3.8, 4) is 17.2 Å². The lowest BCUT2D eigenvalue weighted by atomic mass is 9.87. The number of ether oxygens (including phenoxy) is 4. The average molecular weight is 281 g/mol. The Kier molecular flexibility index (Phi) is 5.09. The highest BCUT2D eigenvalue weighted by atomic mass is 16.5. The fourth-order valence-electron chi connectivity index (χ4n) is 2.72. The van der Waals surface area contributed by atoms with Crippen LogP contribution in [0.25, 0.3) is 0 Å². The molecular weight excluding hydrogens is 258 g/mol. The lowest BCUT2D eigenvalue weighted by Gasteiger charge is -2.29. The first-order valence-electron chi connectivity index (χ1n) is 6.85. The molecule has 0 radical (unpaired) electrons. The van der Waals surface area contributed by atoms with Gasteiger partial charge in [0.1, 0.15) is 0 Å². The molecule has 1 atom stereocenters. The molecule has 1 aliphatic heterocycles. The van der Waals surface area contributed by atoms with Crippen LogP contribution in [-0.2, 0) is 4.74 Å². The predicted octanol–water partition coefficient (Wildman–Crippen LogP) is 2.14. The molecule has 0 bridgehead atoms. The van der Waals surface area contributed by atoms with E-state index in [0.717, 1.165) is 31.6 Å². The summed E-state index contributed by atoms with van der Waals surface area (Å²) in [6.45, 7) is 1.54. The van der Waals surface area contributed by atoms with Crippen LogP contribution in [0.3, 0.4) is 0 Å². The van der Waals surface area contributed by atoms with Crippen molar-refractivity contribution in [1.82, 2.24) is 0 Å². The van der Waals surface area contributed by atoms with Gasteiger partial charge in [0.2, 0.25) is 5.75 Å². The van der Waals surface area contributed by atoms with E-state index >= 15 is 0 Å². The molecule has 0 amide bonds. The van der Waals surface area contributed by atoms with E-state index in [1.165, 1.54) is 0 Å². The van der Waals surface area contributed by atoms with Gasteiger partial charge in [-0.05, 0) is 30.9 Å². The van der Waals surface area contributed by atoms with Crippen LogP contribution in [0.2, 0.25) is 0 Å². The number of rotatable bonds is 5. The molecule has 2 rings (SSSR count). The highest BCUT2D eigenvalue weighted by Gasteiger charge is 2.27. The Morgan fingerprint density at radius 1 is 1.05 bits per heavy atom. The summed E-state index contributed by atoms with van der Waals surface area (Å²) in [5.74, 6) is 2.30. The van der Waals surface area contributed by atoms with Crippen molar-refractivity contribution < 1.29 is 18.9 Å². The molecule has 20 heavy (non-hydrogen) atoms. The predicted molar refractivity (Wildman–Crippen MR) is 76.6 cm³/mol. The summed E-state index contributed by atoms with van der Waals surface area (Å²) >= 11 is 0. The first-order chi connectivity index (χ1) is 9.72. The van der Waals surface area contributed by atoms with Gasteiger partial charge in [-0.2, -0.15) is 0 Å². The van der Waals surface area contributed by atoms with Gasteiger partial charge in [0.25, 0.3) is 0 Å². The van der Waals surface area contributed by atoms with Gasteiger partial charge in [-0.15, -0.1) is 0 Å². The molecule has 1 aromatic rings. The van der Waals surface area contributed by atoms with Crippen molar-refractivity contribution in [3.05, 3.63) is 17.7 Å². The van der Waals surface area contributed by atoms with Crippen LogP contribution < -0.4 is 19.9 Å². The Morgan fingerprint density at radius 3 is 2.25 bits per heavy atom. The van der Waals surface area contributed by atoms with E-state index in [-0.39, 0.29) is 6.04 Å². The van der Waals surface area contributed by atoms with Crippen molar-refractivity contribution in [2.45, 2.75) is 18.9 Å². The van der Waals surface area contributed by atoms with Crippen molar-refractivity contribution in [1.29, 1.82) is 0 Å². The molecule has 1 aliphatic rings. The normalized spacial score (nSPS) is 17.6. The Bertz CT molecular complexity index is 444. The Morgan fingerprint density at radius 2 is 1.70 bits per heavy atom. The molecule has 1 saturated heterocycles. The molecule has 0 aliphatic carbocycles. The zero-order valence-electron chi connectivity index (χ0n) is 12.3. The van der Waals surface area contributed by atoms with Gasteiger partial charge in [0.15, 0.2) is 11.5 Å². The van der Waals surface area contributed by atoms with Gasteiger partial charge >= 0.3 is 0 Å². The van der Waals surface area contributed by atoms with Crippen LogP contribution in [0.1, 0.15) is 24.4 Å². The lowest BCUT2D eigenvalue weighted by Crippen LogP contribution is -2.27. The minimum atomic E-state index is -0.0892. The Hall–Kier alpha value is -1.46. The highest BCUT2D eigenvalue weighted by Crippen LogP contribution is 2.43. The molecule has 0 saturated carbocycles. The summed E-state index contributed by atoms with van der Waals surface area (Å²) in [6.07, 6.45) is 1.94. The van der Waals surface area contributed by atoms with Crippen molar-refractivity contribution in [2.24, 2.45) is 11.7 Å². The molecule has 1 heterocycles. The number of hydrogen-bond acceptors (Lipinski definition) is 5. The minimum absolute atomic E-state index is 0.0892. The van der Waals surface area contributed by atoms with Crippen LogP contribution >= 0.6 is 0 Å². The van der Waals surface area contributed by atoms with Crippen LogP contribution in [0.5, 0.6) is 17.2 Å². The van der Waals surface area contributed by atoms with Crippen LogP contribution in [0, 0.1) is 5.92 Å². The standard InChI is InChI=1S/C15H23NO4/c1-17-12-5-4-11(14(18-2)15(12)19-3)13(16)10-6-8-20-9-7-10/h4-5,10,13H,6-9,16H2,1-3H3/t13-/m0/s1. The summed E-state index contributed by atoms with van der Waals surface area (Å²) < 4.78 is 21.6. The number of benzene rings is 1. The number of nitrogens with two attached hydrogens (primary N) is 1. The van der Waals surface area contributed by atoms with Crippen molar-refractivity contribution in [2.75, 3.05) is 34.5 Å². The molecule has 112 valence electrons. The first-order valence-corrected chi connectivity index (χ1v) is 6.85. The Labute approximate surface area is 120 Å². The summed E-state index contributed by atoms with van der Waals surface area (Å²) in [6, 6.07) is 3.74. The molecule has 1 aromatic carbocycles. The zero-order chi connectivity index (χ0) is 14.5. The van der Waals surface area contributed by atoms with Gasteiger partial charge in [0, 0.05) is 24.8 Å². The third kappa shape index (κ3) is 2.83. The number of methoxy groups -OCH3 is 3. The molecule has 1 fully saturated rings. The maximum Gasteiger partial charge on any atom is 0.203 e. The fraction of sp³-hybridized carbons (Fsp3) is 0.600. The Balaban J connectivity index is 2.34. The van der Waals surface area contributed by atoms with Gasteiger partial charge < -0.3 is 24.7 Å². The van der Waals surface area contributed by atoms with Crippen LogP contribution in [0.15, 0.2) is 12.1 Å². The van der Waals surface area contributed by atoms with E-state index in [4.69, 9.17) is 24.7 Å². The monoisotopic (exact) mass is 281 g/mol. The summed E-state index contributed by atoms with van der Waals surface area (Å²) in [7, 11) is 4.83. The zero-order valence-corrected chi connectivity index (χ0v) is 12.3. The molecule has 0 aromatic heterocycles. The molecule has 2 N–H and O–H groups in total. The quantitative estimate of drug-likeness (QED) is 0.896. The summed E-state index contributed by atoms with van der Waals surface area (Å²) in [5, 5.41) is 0. The first kappa shape index (κ1) is 14.9. The van der Waals surface area contributed by atoms with E-state index in [0.29, 0.717) is 23.2 Å². The van der Waals surface area contributed by atoms with E-state index in [1.54, 1.807) is 21.3 Å². The molecule has 5 heteroatoms. The topological polar surface area (TPSA) is 62.9 Å². The van der Waals surface area contributed by atoms with E-state index in [1.807, 2.05) is 12.1 Å². The second-order valence-electron chi connectivity index (χ2n) is 4.90. The summed E-state index contributed by atoms with van der Waals surface area (Å²) in [5.41, 5.74) is 7.38. The van der Waals surface area contributed by atoms with Crippen LogP contribution in [0.4, 0.5) is 0 Å². The molecular formula is C15H23NO4. The van der Waals surface area contributed by atoms with E-state index in [9.17, 15) is 0 Å². The third-order valence-electron chi connectivity index (χ3n) is 3.87. The van der Waals surface area contributed by atoms with Gasteiger partial charge in [-0.3, -0.25) is 0 Å². The molecule has 0 spiro atoms.